The molecule has 0 heterocycles. The van der Waals surface area contributed by atoms with Gasteiger partial charge in [0.15, 0.2) is 5.78 Å². The standard InChI is InChI=1S/C14H12Cl4O/c15-9-5-10(16)12(17)13(18)11(9)14(19)8-4-6-1-2-7(8)3-6/h5-8H,1-4H2. The summed E-state index contributed by atoms with van der Waals surface area (Å²) in [5.74, 6) is 1.25. The number of halogens is 4. The number of hydrogen-bond acceptors (Lipinski definition) is 1. The first-order chi connectivity index (χ1) is 8.99. The first kappa shape index (κ1) is 14.0. The number of hydrogen-bond donors (Lipinski definition) is 0. The van der Waals surface area contributed by atoms with Crippen molar-refractivity contribution in [1.29, 1.82) is 0 Å². The molecule has 1 aromatic rings. The van der Waals surface area contributed by atoms with Crippen LogP contribution in [0.2, 0.25) is 20.1 Å². The molecular weight excluding hydrogens is 326 g/mol. The maximum atomic E-state index is 12.7. The summed E-state index contributed by atoms with van der Waals surface area (Å²) < 4.78 is 0. The van der Waals surface area contributed by atoms with Gasteiger partial charge in [-0.05, 0) is 37.2 Å². The van der Waals surface area contributed by atoms with Crippen LogP contribution in [0.4, 0.5) is 0 Å². The van der Waals surface area contributed by atoms with Crippen LogP contribution < -0.4 is 0 Å². The van der Waals surface area contributed by atoms with Gasteiger partial charge in [0, 0.05) is 5.92 Å². The Morgan fingerprint density at radius 3 is 2.32 bits per heavy atom. The lowest BCUT2D eigenvalue weighted by Crippen LogP contribution is -2.21. The van der Waals surface area contributed by atoms with E-state index in [-0.39, 0.29) is 26.8 Å². The quantitative estimate of drug-likeness (QED) is 0.372. The lowest BCUT2D eigenvalue weighted by Gasteiger charge is -2.21. The van der Waals surface area contributed by atoms with Gasteiger partial charge in [0.1, 0.15) is 0 Å². The number of ketones is 1. The molecule has 0 amide bonds. The first-order valence-corrected chi connectivity index (χ1v) is 7.87. The highest BCUT2D eigenvalue weighted by Crippen LogP contribution is 2.50. The summed E-state index contributed by atoms with van der Waals surface area (Å²) in [5.41, 5.74) is 0.343. The van der Waals surface area contributed by atoms with E-state index in [0.717, 1.165) is 19.3 Å². The Balaban J connectivity index is 1.98. The minimum atomic E-state index is 0.0285. The van der Waals surface area contributed by atoms with Crippen molar-refractivity contribution in [3.63, 3.8) is 0 Å². The predicted molar refractivity (Wildman–Crippen MR) is 79.8 cm³/mol. The molecule has 102 valence electrons. The molecule has 2 aliphatic carbocycles. The fourth-order valence-electron chi connectivity index (χ4n) is 3.54. The monoisotopic (exact) mass is 336 g/mol. The van der Waals surface area contributed by atoms with Gasteiger partial charge >= 0.3 is 0 Å². The highest BCUT2D eigenvalue weighted by Gasteiger charge is 2.44. The van der Waals surface area contributed by atoms with E-state index in [4.69, 9.17) is 46.4 Å². The number of fused-ring (bicyclic) bond motifs is 2. The summed E-state index contributed by atoms with van der Waals surface area (Å²) in [6.45, 7) is 0. The predicted octanol–water partition coefficient (Wildman–Crippen LogP) is 5.92. The zero-order valence-electron chi connectivity index (χ0n) is 10.1. The van der Waals surface area contributed by atoms with Crippen molar-refractivity contribution in [3.05, 3.63) is 31.7 Å². The second-order valence-corrected chi connectivity index (χ2v) is 7.06. The zero-order chi connectivity index (χ0) is 13.7. The third-order valence-electron chi connectivity index (χ3n) is 4.44. The maximum absolute atomic E-state index is 12.7. The van der Waals surface area contributed by atoms with Gasteiger partial charge in [-0.3, -0.25) is 4.79 Å². The van der Waals surface area contributed by atoms with Gasteiger partial charge in [-0.2, -0.15) is 0 Å². The molecule has 0 N–H and O–H groups in total. The molecule has 3 unspecified atom stereocenters. The lowest BCUT2D eigenvalue weighted by atomic mass is 9.83. The van der Waals surface area contributed by atoms with Gasteiger partial charge in [0.05, 0.1) is 25.7 Å². The van der Waals surface area contributed by atoms with Gasteiger partial charge in [0.25, 0.3) is 0 Å². The third-order valence-corrected chi connectivity index (χ3v) is 6.00. The smallest absolute Gasteiger partial charge is 0.169 e. The Labute approximate surface area is 132 Å². The molecule has 0 saturated heterocycles. The molecule has 1 nitrogen and oxygen atoms in total. The lowest BCUT2D eigenvalue weighted by molar-refractivity contribution is 0.0875. The van der Waals surface area contributed by atoms with E-state index in [2.05, 4.69) is 0 Å². The summed E-state index contributed by atoms with van der Waals surface area (Å²) in [6.07, 6.45) is 4.50. The molecule has 0 aromatic heterocycles. The Morgan fingerprint density at radius 1 is 1.00 bits per heavy atom. The highest BCUT2D eigenvalue weighted by atomic mass is 35.5. The molecule has 5 heteroatoms. The van der Waals surface area contributed by atoms with Crippen molar-refractivity contribution in [1.82, 2.24) is 0 Å². The van der Waals surface area contributed by atoms with E-state index in [1.165, 1.54) is 12.5 Å². The number of rotatable bonds is 2. The largest absolute Gasteiger partial charge is 0.294 e. The molecule has 19 heavy (non-hydrogen) atoms. The maximum Gasteiger partial charge on any atom is 0.169 e. The Hall–Kier alpha value is 0.0500. The van der Waals surface area contributed by atoms with Crippen LogP contribution >= 0.6 is 46.4 Å². The van der Waals surface area contributed by atoms with Gasteiger partial charge in [-0.15, -0.1) is 0 Å². The minimum Gasteiger partial charge on any atom is -0.294 e. The normalized spacial score (nSPS) is 28.9. The molecular formula is C14H12Cl4O. The number of carbonyl (C=O) groups excluding carboxylic acids is 1. The van der Waals surface area contributed by atoms with E-state index in [0.29, 0.717) is 22.4 Å². The SMILES string of the molecule is O=C(c1c(Cl)cc(Cl)c(Cl)c1Cl)C1CC2CCC1C2. The van der Waals surface area contributed by atoms with Crippen molar-refractivity contribution in [2.75, 3.05) is 0 Å². The molecule has 3 rings (SSSR count). The van der Waals surface area contributed by atoms with E-state index >= 15 is 0 Å². The third kappa shape index (κ3) is 2.29. The van der Waals surface area contributed by atoms with Crippen molar-refractivity contribution in [2.45, 2.75) is 25.7 Å². The van der Waals surface area contributed by atoms with Crippen molar-refractivity contribution < 1.29 is 4.79 Å². The molecule has 2 bridgehead atoms. The van der Waals surface area contributed by atoms with Crippen LogP contribution in [0, 0.1) is 17.8 Å². The average molecular weight is 338 g/mol. The van der Waals surface area contributed by atoms with Crippen LogP contribution in [0.1, 0.15) is 36.0 Å². The summed E-state index contributed by atoms with van der Waals surface area (Å²) in [6, 6.07) is 1.50. The van der Waals surface area contributed by atoms with Crippen LogP contribution in [0.15, 0.2) is 6.07 Å². The number of Topliss-reactive ketones (excluding diaryl/α,β-unsaturated/α-hetero) is 1. The van der Waals surface area contributed by atoms with Gasteiger partial charge in [-0.25, -0.2) is 0 Å². The van der Waals surface area contributed by atoms with Crippen LogP contribution in [-0.4, -0.2) is 5.78 Å². The zero-order valence-corrected chi connectivity index (χ0v) is 13.1. The summed E-state index contributed by atoms with van der Waals surface area (Å²) in [7, 11) is 0. The van der Waals surface area contributed by atoms with E-state index in [9.17, 15) is 4.79 Å². The van der Waals surface area contributed by atoms with Gasteiger partial charge in [-0.1, -0.05) is 52.8 Å². The number of benzene rings is 1. The van der Waals surface area contributed by atoms with Crippen LogP contribution in [0.5, 0.6) is 0 Å². The molecule has 2 aliphatic rings. The summed E-state index contributed by atoms with van der Waals surface area (Å²) in [4.78, 5) is 12.7. The fraction of sp³-hybridized carbons (Fsp3) is 0.500. The van der Waals surface area contributed by atoms with E-state index in [1.807, 2.05) is 0 Å². The van der Waals surface area contributed by atoms with E-state index in [1.54, 1.807) is 0 Å². The van der Waals surface area contributed by atoms with Gasteiger partial charge < -0.3 is 0 Å². The second-order valence-electron chi connectivity index (χ2n) is 5.49. The minimum absolute atomic E-state index is 0.0285. The van der Waals surface area contributed by atoms with Crippen molar-refractivity contribution >= 4 is 52.2 Å². The second kappa shape index (κ2) is 5.11. The Kier molecular flexibility index (Phi) is 3.77. The van der Waals surface area contributed by atoms with Crippen LogP contribution in [0.3, 0.4) is 0 Å². The highest BCUT2D eigenvalue weighted by molar-refractivity contribution is 6.51. The van der Waals surface area contributed by atoms with Gasteiger partial charge in [0.2, 0.25) is 0 Å². The molecule has 0 radical (unpaired) electrons. The molecule has 0 aliphatic heterocycles. The van der Waals surface area contributed by atoms with Crippen molar-refractivity contribution in [3.8, 4) is 0 Å². The van der Waals surface area contributed by atoms with E-state index < -0.39 is 0 Å². The summed E-state index contributed by atoms with van der Waals surface area (Å²) >= 11 is 24.2. The molecule has 1 aromatic carbocycles. The molecule has 0 spiro atoms. The van der Waals surface area contributed by atoms with Crippen LogP contribution in [0.25, 0.3) is 0 Å². The topological polar surface area (TPSA) is 17.1 Å². The molecule has 2 fully saturated rings. The molecule has 2 saturated carbocycles. The Morgan fingerprint density at radius 2 is 1.74 bits per heavy atom. The number of carbonyl (C=O) groups is 1. The summed E-state index contributed by atoms with van der Waals surface area (Å²) in [5, 5.41) is 0.972. The Bertz CT molecular complexity index is 555. The van der Waals surface area contributed by atoms with Crippen LogP contribution in [-0.2, 0) is 0 Å². The van der Waals surface area contributed by atoms with Crippen molar-refractivity contribution in [2.24, 2.45) is 17.8 Å². The molecule has 3 atom stereocenters. The average Bonchev–Trinajstić information content (AvgIpc) is 2.98. The first-order valence-electron chi connectivity index (χ1n) is 6.36. The fourth-order valence-corrected chi connectivity index (χ4v) is 4.64.